The maximum atomic E-state index is 9.28. The number of aromatic hydroxyl groups is 1. The quantitative estimate of drug-likeness (QED) is 0.802. The lowest BCUT2D eigenvalue weighted by Crippen LogP contribution is -1.76. The minimum Gasteiger partial charge on any atom is -0.508 e. The molecule has 0 bridgehead atoms. The first-order valence-corrected chi connectivity index (χ1v) is 5.70. The summed E-state index contributed by atoms with van der Waals surface area (Å²) in [5.41, 5.74) is 0. The van der Waals surface area contributed by atoms with Crippen LogP contribution >= 0.6 is 11.8 Å². The van der Waals surface area contributed by atoms with E-state index in [1.54, 1.807) is 23.9 Å². The van der Waals surface area contributed by atoms with Crippen molar-refractivity contribution in [2.45, 2.75) is 17.6 Å². The van der Waals surface area contributed by atoms with Crippen LogP contribution < -0.4 is 0 Å². The van der Waals surface area contributed by atoms with Gasteiger partial charge in [0.15, 0.2) is 0 Å². The maximum Gasteiger partial charge on any atom is 0.116 e. The van der Waals surface area contributed by atoms with Crippen LogP contribution in [0.4, 0.5) is 0 Å². The van der Waals surface area contributed by atoms with E-state index < -0.39 is 0 Å². The monoisotopic (exact) mass is 220 g/mol. The van der Waals surface area contributed by atoms with E-state index in [0.29, 0.717) is 5.75 Å². The molecule has 0 aliphatic heterocycles. The zero-order chi connectivity index (χ0) is 10.7. The summed E-state index contributed by atoms with van der Waals surface area (Å²) in [5, 5.41) is 9.28. The van der Waals surface area contributed by atoms with Gasteiger partial charge in [-0.2, -0.15) is 0 Å². The zero-order valence-corrected chi connectivity index (χ0v) is 9.25. The van der Waals surface area contributed by atoms with Crippen LogP contribution in [-0.2, 0) is 5.75 Å². The van der Waals surface area contributed by atoms with Gasteiger partial charge in [-0.15, -0.1) is 11.8 Å². The minimum atomic E-state index is 0.302. The smallest absolute Gasteiger partial charge is 0.116 e. The number of phenolic OH excluding ortho intramolecular Hbond substituents is 1. The van der Waals surface area contributed by atoms with Gasteiger partial charge >= 0.3 is 0 Å². The highest BCUT2D eigenvalue weighted by atomic mass is 32.2. The van der Waals surface area contributed by atoms with Crippen molar-refractivity contribution in [3.63, 3.8) is 0 Å². The highest BCUT2D eigenvalue weighted by Crippen LogP contribution is 2.26. The minimum absolute atomic E-state index is 0.302. The van der Waals surface area contributed by atoms with Gasteiger partial charge in [-0.3, -0.25) is 0 Å². The molecule has 0 spiro atoms. The molecule has 1 aromatic heterocycles. The lowest BCUT2D eigenvalue weighted by atomic mass is 10.3. The predicted octanol–water partition coefficient (Wildman–Crippen LogP) is 3.59. The molecule has 2 aromatic rings. The van der Waals surface area contributed by atoms with Gasteiger partial charge in [0.25, 0.3) is 0 Å². The first-order chi connectivity index (χ1) is 7.24. The summed E-state index contributed by atoms with van der Waals surface area (Å²) in [7, 11) is 0. The van der Waals surface area contributed by atoms with Gasteiger partial charge in [0, 0.05) is 4.90 Å². The Morgan fingerprint density at radius 1 is 1.27 bits per heavy atom. The Balaban J connectivity index is 1.99. The van der Waals surface area contributed by atoms with E-state index >= 15 is 0 Å². The fourth-order valence-electron chi connectivity index (χ4n) is 1.29. The van der Waals surface area contributed by atoms with Crippen LogP contribution in [0.3, 0.4) is 0 Å². The molecule has 0 fully saturated rings. The van der Waals surface area contributed by atoms with Crippen molar-refractivity contribution in [1.29, 1.82) is 0 Å². The van der Waals surface area contributed by atoms with Crippen LogP contribution in [0.2, 0.25) is 0 Å². The summed E-state index contributed by atoms with van der Waals surface area (Å²) in [6.45, 7) is 1.93. The molecule has 1 N–H and O–H groups in total. The van der Waals surface area contributed by atoms with Crippen molar-refractivity contribution in [3.8, 4) is 5.75 Å². The van der Waals surface area contributed by atoms with E-state index in [0.717, 1.165) is 22.2 Å². The fourth-order valence-corrected chi connectivity index (χ4v) is 2.13. The SMILES string of the molecule is Cc1ccc(CSc2cccc(O)c2)o1. The predicted molar refractivity (Wildman–Crippen MR) is 61.1 cm³/mol. The second kappa shape index (κ2) is 4.45. The Kier molecular flexibility index (Phi) is 3.02. The molecule has 2 nitrogen and oxygen atoms in total. The van der Waals surface area contributed by atoms with Crippen molar-refractivity contribution in [3.05, 3.63) is 47.9 Å². The number of furan rings is 1. The highest BCUT2D eigenvalue weighted by Gasteiger charge is 2.00. The average molecular weight is 220 g/mol. The van der Waals surface area contributed by atoms with Gasteiger partial charge in [-0.05, 0) is 37.3 Å². The Hall–Kier alpha value is -1.35. The van der Waals surface area contributed by atoms with E-state index in [9.17, 15) is 5.11 Å². The molecule has 0 aliphatic rings. The van der Waals surface area contributed by atoms with E-state index in [1.807, 2.05) is 31.2 Å². The van der Waals surface area contributed by atoms with Crippen LogP contribution in [0, 0.1) is 6.92 Å². The Morgan fingerprint density at radius 3 is 2.80 bits per heavy atom. The number of rotatable bonds is 3. The number of phenols is 1. The third-order valence-corrected chi connectivity index (χ3v) is 3.01. The second-order valence-electron chi connectivity index (χ2n) is 3.30. The van der Waals surface area contributed by atoms with Gasteiger partial charge in [0.05, 0.1) is 5.75 Å². The molecule has 0 amide bonds. The molecule has 15 heavy (non-hydrogen) atoms. The Morgan fingerprint density at radius 2 is 2.13 bits per heavy atom. The molecule has 0 unspecified atom stereocenters. The van der Waals surface area contributed by atoms with Crippen LogP contribution in [0.5, 0.6) is 5.75 Å². The average Bonchev–Trinajstić information content (AvgIpc) is 2.62. The first-order valence-electron chi connectivity index (χ1n) is 4.71. The summed E-state index contributed by atoms with van der Waals surface area (Å²) in [6, 6.07) is 11.2. The Labute approximate surface area is 92.9 Å². The van der Waals surface area contributed by atoms with Gasteiger partial charge in [-0.1, -0.05) is 6.07 Å². The first kappa shape index (κ1) is 10.2. The van der Waals surface area contributed by atoms with Crippen molar-refractivity contribution in [2.75, 3.05) is 0 Å². The number of benzene rings is 1. The van der Waals surface area contributed by atoms with E-state index in [1.165, 1.54) is 0 Å². The summed E-state index contributed by atoms with van der Waals surface area (Å²) < 4.78 is 5.45. The molecule has 3 heteroatoms. The molecule has 78 valence electrons. The maximum absolute atomic E-state index is 9.28. The normalized spacial score (nSPS) is 10.5. The largest absolute Gasteiger partial charge is 0.508 e. The number of hydrogen-bond acceptors (Lipinski definition) is 3. The number of aryl methyl sites for hydroxylation is 1. The molecule has 2 rings (SSSR count). The molecule has 1 aromatic carbocycles. The fraction of sp³-hybridized carbons (Fsp3) is 0.167. The molecular weight excluding hydrogens is 208 g/mol. The van der Waals surface area contributed by atoms with Crippen molar-refractivity contribution in [1.82, 2.24) is 0 Å². The van der Waals surface area contributed by atoms with E-state index in [-0.39, 0.29) is 0 Å². The second-order valence-corrected chi connectivity index (χ2v) is 4.35. The van der Waals surface area contributed by atoms with Gasteiger partial charge in [-0.25, -0.2) is 0 Å². The Bertz CT molecular complexity index is 448. The van der Waals surface area contributed by atoms with Crippen LogP contribution in [0.1, 0.15) is 11.5 Å². The zero-order valence-electron chi connectivity index (χ0n) is 8.43. The van der Waals surface area contributed by atoms with Gasteiger partial charge in [0.2, 0.25) is 0 Å². The standard InChI is InChI=1S/C12H12O2S/c1-9-5-6-11(14-9)8-15-12-4-2-3-10(13)7-12/h2-7,13H,8H2,1H3. The molecule has 0 atom stereocenters. The van der Waals surface area contributed by atoms with Gasteiger partial charge in [0.1, 0.15) is 17.3 Å². The summed E-state index contributed by atoms with van der Waals surface area (Å²) in [4.78, 5) is 1.05. The van der Waals surface area contributed by atoms with Crippen molar-refractivity contribution < 1.29 is 9.52 Å². The van der Waals surface area contributed by atoms with Gasteiger partial charge < -0.3 is 9.52 Å². The highest BCUT2D eigenvalue weighted by molar-refractivity contribution is 7.98. The molecule has 0 aliphatic carbocycles. The lowest BCUT2D eigenvalue weighted by Gasteiger charge is -1.99. The molecule has 1 heterocycles. The van der Waals surface area contributed by atoms with Crippen molar-refractivity contribution >= 4 is 11.8 Å². The summed E-state index contributed by atoms with van der Waals surface area (Å²) in [5.74, 6) is 2.98. The van der Waals surface area contributed by atoms with E-state index in [2.05, 4.69) is 0 Å². The molecule has 0 radical (unpaired) electrons. The van der Waals surface area contributed by atoms with Crippen LogP contribution in [0.15, 0.2) is 45.7 Å². The van der Waals surface area contributed by atoms with Crippen molar-refractivity contribution in [2.24, 2.45) is 0 Å². The topological polar surface area (TPSA) is 33.4 Å². The van der Waals surface area contributed by atoms with E-state index in [4.69, 9.17) is 4.42 Å². The summed E-state index contributed by atoms with van der Waals surface area (Å²) >= 11 is 1.65. The molecular formula is C12H12O2S. The number of thioether (sulfide) groups is 1. The number of hydrogen-bond donors (Lipinski definition) is 1. The lowest BCUT2D eigenvalue weighted by molar-refractivity contribution is 0.473. The third-order valence-electron chi connectivity index (χ3n) is 1.99. The molecule has 0 saturated heterocycles. The van der Waals surface area contributed by atoms with Crippen LogP contribution in [-0.4, -0.2) is 5.11 Å². The summed E-state index contributed by atoms with van der Waals surface area (Å²) in [6.07, 6.45) is 0. The third kappa shape index (κ3) is 2.80. The molecule has 0 saturated carbocycles. The van der Waals surface area contributed by atoms with Crippen LogP contribution in [0.25, 0.3) is 0 Å².